The van der Waals surface area contributed by atoms with E-state index in [1.54, 1.807) is 18.2 Å². The number of rotatable bonds is 10. The number of carbonyl (C=O) groups is 4. The highest BCUT2D eigenvalue weighted by molar-refractivity contribution is 6.35. The third-order valence-corrected chi connectivity index (χ3v) is 7.11. The van der Waals surface area contributed by atoms with Crippen LogP contribution in [0.1, 0.15) is 51.2 Å². The molecule has 1 N–H and O–H groups in total. The molecule has 15 heteroatoms. The van der Waals surface area contributed by atoms with E-state index in [0.29, 0.717) is 16.5 Å². The standard InChI is InChI=1S/C30H30ClF2NO11/c1-14(35)40-13-23-26(41-15(2)36)27(42-16(3)37)28(43-17(4)38)29(45-23)34-12-20(24-21(31)6-5-7-22(24)34)25(39)18-8-10-19(11-9-18)44-30(32)33/h5-12,23,25-30,39H,13H2,1-4H3/t23-,25?,26-,27+,28-,29-/m1/s1. The molecule has 1 aliphatic heterocycles. The fraction of sp³-hybridized carbons (Fsp3) is 0.400. The van der Waals surface area contributed by atoms with Gasteiger partial charge in [0, 0.05) is 44.8 Å². The van der Waals surface area contributed by atoms with Crippen LogP contribution < -0.4 is 4.74 Å². The fourth-order valence-corrected chi connectivity index (χ4v) is 5.43. The maximum absolute atomic E-state index is 12.6. The van der Waals surface area contributed by atoms with E-state index in [4.69, 9.17) is 35.3 Å². The quantitative estimate of drug-likeness (QED) is 0.247. The van der Waals surface area contributed by atoms with Gasteiger partial charge in [0.2, 0.25) is 0 Å². The Balaban J connectivity index is 1.87. The lowest BCUT2D eigenvalue weighted by molar-refractivity contribution is -0.267. The second-order valence-electron chi connectivity index (χ2n) is 10.1. The molecule has 0 radical (unpaired) electrons. The van der Waals surface area contributed by atoms with Gasteiger partial charge in [-0.3, -0.25) is 19.2 Å². The lowest BCUT2D eigenvalue weighted by atomic mass is 9.97. The van der Waals surface area contributed by atoms with E-state index >= 15 is 0 Å². The van der Waals surface area contributed by atoms with Crippen LogP contribution >= 0.6 is 11.6 Å². The number of esters is 4. The molecule has 242 valence electrons. The summed E-state index contributed by atoms with van der Waals surface area (Å²) in [4.78, 5) is 48.4. The van der Waals surface area contributed by atoms with Crippen molar-refractivity contribution in [3.05, 3.63) is 64.8 Å². The number of hydrogen-bond acceptors (Lipinski definition) is 11. The summed E-state index contributed by atoms with van der Waals surface area (Å²) in [6, 6.07) is 10.2. The van der Waals surface area contributed by atoms with Crippen LogP contribution in [0.5, 0.6) is 5.75 Å². The average molecular weight is 654 g/mol. The minimum absolute atomic E-state index is 0.112. The lowest BCUT2D eigenvalue weighted by Gasteiger charge is -2.44. The van der Waals surface area contributed by atoms with Crippen LogP contribution in [0.3, 0.4) is 0 Å². The van der Waals surface area contributed by atoms with Gasteiger partial charge in [0.1, 0.15) is 24.6 Å². The van der Waals surface area contributed by atoms with Crippen LogP contribution in [0, 0.1) is 0 Å². The molecule has 12 nitrogen and oxygen atoms in total. The van der Waals surface area contributed by atoms with Crippen molar-refractivity contribution in [3.8, 4) is 5.75 Å². The third-order valence-electron chi connectivity index (χ3n) is 6.79. The Hall–Kier alpha value is -4.27. The Labute approximate surface area is 260 Å². The van der Waals surface area contributed by atoms with E-state index in [2.05, 4.69) is 4.74 Å². The van der Waals surface area contributed by atoms with E-state index in [1.165, 1.54) is 35.0 Å². The van der Waals surface area contributed by atoms with Gasteiger partial charge in [0.25, 0.3) is 0 Å². The van der Waals surface area contributed by atoms with Gasteiger partial charge in [0.15, 0.2) is 24.5 Å². The number of alkyl halides is 2. The zero-order valence-corrected chi connectivity index (χ0v) is 25.2. The molecule has 1 fully saturated rings. The van der Waals surface area contributed by atoms with Crippen molar-refractivity contribution >= 4 is 46.4 Å². The summed E-state index contributed by atoms with van der Waals surface area (Å²) in [5, 5.41) is 12.0. The highest BCUT2D eigenvalue weighted by atomic mass is 35.5. The van der Waals surface area contributed by atoms with E-state index in [9.17, 15) is 33.1 Å². The number of fused-ring (bicyclic) bond motifs is 1. The van der Waals surface area contributed by atoms with E-state index in [0.717, 1.165) is 27.7 Å². The van der Waals surface area contributed by atoms with Crippen molar-refractivity contribution in [1.29, 1.82) is 0 Å². The Morgan fingerprint density at radius 2 is 1.49 bits per heavy atom. The van der Waals surface area contributed by atoms with Crippen molar-refractivity contribution in [2.45, 2.75) is 71.1 Å². The smallest absolute Gasteiger partial charge is 0.387 e. The molecule has 2 heterocycles. The molecule has 1 aliphatic rings. The highest BCUT2D eigenvalue weighted by Crippen LogP contribution is 2.41. The molecule has 0 bridgehead atoms. The van der Waals surface area contributed by atoms with Gasteiger partial charge in [-0.15, -0.1) is 0 Å². The van der Waals surface area contributed by atoms with Gasteiger partial charge in [-0.05, 0) is 29.8 Å². The normalized spacial score (nSPS) is 22.0. The van der Waals surface area contributed by atoms with Crippen LogP contribution in [0.4, 0.5) is 8.78 Å². The van der Waals surface area contributed by atoms with Crippen molar-refractivity contribution in [3.63, 3.8) is 0 Å². The fourth-order valence-electron chi connectivity index (χ4n) is 5.16. The molecule has 1 saturated heterocycles. The molecular weight excluding hydrogens is 624 g/mol. The summed E-state index contributed by atoms with van der Waals surface area (Å²) in [6.45, 7) is 1.04. The predicted octanol–water partition coefficient (Wildman–Crippen LogP) is 4.23. The number of aromatic nitrogens is 1. The summed E-state index contributed by atoms with van der Waals surface area (Å²) in [5.41, 5.74) is 0.943. The van der Waals surface area contributed by atoms with Crippen molar-refractivity contribution in [1.82, 2.24) is 4.57 Å². The first-order valence-electron chi connectivity index (χ1n) is 13.6. The number of ether oxygens (including phenoxy) is 6. The maximum atomic E-state index is 12.6. The first-order chi connectivity index (χ1) is 21.3. The zero-order chi connectivity index (χ0) is 33.0. The third kappa shape index (κ3) is 7.88. The van der Waals surface area contributed by atoms with Gasteiger partial charge in [0.05, 0.1) is 10.5 Å². The minimum atomic E-state index is -3.03. The van der Waals surface area contributed by atoms with Crippen molar-refractivity contribution < 1.29 is 61.5 Å². The topological polar surface area (TPSA) is 149 Å². The van der Waals surface area contributed by atoms with Crippen molar-refractivity contribution in [2.24, 2.45) is 0 Å². The van der Waals surface area contributed by atoms with Crippen LogP contribution in [0.2, 0.25) is 5.02 Å². The molecule has 0 saturated carbocycles. The van der Waals surface area contributed by atoms with E-state index < -0.39 is 73.8 Å². The van der Waals surface area contributed by atoms with Crippen LogP contribution in [0.25, 0.3) is 10.9 Å². The maximum Gasteiger partial charge on any atom is 0.387 e. The molecule has 0 aliphatic carbocycles. The molecule has 6 atom stereocenters. The molecular formula is C30H30ClF2NO11. The van der Waals surface area contributed by atoms with Crippen LogP contribution in [-0.4, -0.2) is 71.2 Å². The Bertz CT molecular complexity index is 1560. The summed E-state index contributed by atoms with van der Waals surface area (Å²) in [5.74, 6) is -3.14. The number of benzene rings is 2. The Morgan fingerprint density at radius 3 is 2.07 bits per heavy atom. The van der Waals surface area contributed by atoms with Gasteiger partial charge in [-0.1, -0.05) is 29.8 Å². The molecule has 0 amide bonds. The molecule has 4 rings (SSSR count). The number of aliphatic hydroxyl groups excluding tert-OH is 1. The number of nitrogens with zero attached hydrogens (tertiary/aromatic N) is 1. The van der Waals surface area contributed by atoms with Crippen molar-refractivity contribution in [2.75, 3.05) is 6.61 Å². The Kier molecular flexibility index (Phi) is 10.6. The monoisotopic (exact) mass is 653 g/mol. The van der Waals surface area contributed by atoms with Gasteiger partial charge in [-0.2, -0.15) is 8.78 Å². The molecule has 1 unspecified atom stereocenters. The molecule has 3 aromatic rings. The Morgan fingerprint density at radius 1 is 0.889 bits per heavy atom. The minimum Gasteiger partial charge on any atom is -0.463 e. The number of aliphatic hydroxyl groups is 1. The highest BCUT2D eigenvalue weighted by Gasteiger charge is 2.53. The van der Waals surface area contributed by atoms with Gasteiger partial charge >= 0.3 is 30.5 Å². The van der Waals surface area contributed by atoms with Gasteiger partial charge < -0.3 is 38.1 Å². The van der Waals surface area contributed by atoms with Crippen LogP contribution in [-0.2, 0) is 42.9 Å². The molecule has 0 spiro atoms. The zero-order valence-electron chi connectivity index (χ0n) is 24.5. The van der Waals surface area contributed by atoms with Crippen LogP contribution in [0.15, 0.2) is 48.7 Å². The second-order valence-corrected chi connectivity index (χ2v) is 10.5. The van der Waals surface area contributed by atoms with E-state index in [-0.39, 0.29) is 16.3 Å². The number of hydrogen-bond donors (Lipinski definition) is 1. The first kappa shape index (κ1) is 33.6. The van der Waals surface area contributed by atoms with E-state index in [1.807, 2.05) is 0 Å². The predicted molar refractivity (Wildman–Crippen MR) is 151 cm³/mol. The summed E-state index contributed by atoms with van der Waals surface area (Å²) in [7, 11) is 0. The number of carbonyl (C=O) groups excluding carboxylic acids is 4. The summed E-state index contributed by atoms with van der Waals surface area (Å²) >= 11 is 6.60. The lowest BCUT2D eigenvalue weighted by Crippen LogP contribution is -2.60. The molecule has 2 aromatic carbocycles. The summed E-state index contributed by atoms with van der Waals surface area (Å²) in [6.07, 6.45) is -6.61. The molecule has 1 aromatic heterocycles. The summed E-state index contributed by atoms with van der Waals surface area (Å²) < 4.78 is 59.2. The van der Waals surface area contributed by atoms with Gasteiger partial charge in [-0.25, -0.2) is 0 Å². The largest absolute Gasteiger partial charge is 0.463 e. The SMILES string of the molecule is CC(=O)OC[C@H]1O[C@@H](n2cc(C(O)c3ccc(OC(F)F)cc3)c3c(Cl)cccc32)[C@H](OC(C)=O)[C@@H](OC(C)=O)[C@@H]1OC(C)=O. The molecule has 45 heavy (non-hydrogen) atoms. The second kappa shape index (κ2) is 14.2. The number of halogens is 3. The first-order valence-corrected chi connectivity index (χ1v) is 14.0. The average Bonchev–Trinajstić information content (AvgIpc) is 3.34.